The molecule has 0 amide bonds. The van der Waals surface area contributed by atoms with Gasteiger partial charge in [-0.15, -0.1) is 10.2 Å². The van der Waals surface area contributed by atoms with Gasteiger partial charge in [-0.3, -0.25) is 4.21 Å². The van der Waals surface area contributed by atoms with E-state index in [-0.39, 0.29) is 5.41 Å². The summed E-state index contributed by atoms with van der Waals surface area (Å²) in [6, 6.07) is 0. The Morgan fingerprint density at radius 1 is 1.29 bits per heavy atom. The highest BCUT2D eigenvalue weighted by Crippen LogP contribution is 2.20. The van der Waals surface area contributed by atoms with Crippen LogP contribution in [-0.2, 0) is 22.0 Å². The molecule has 0 aliphatic heterocycles. The lowest BCUT2D eigenvalue weighted by molar-refractivity contribution is 0.378. The summed E-state index contributed by atoms with van der Waals surface area (Å²) in [5.41, 5.74) is -0.148. The molecule has 0 aromatic carbocycles. The third kappa shape index (κ3) is 4.98. The molecule has 98 valence electrons. The van der Waals surface area contributed by atoms with Crippen molar-refractivity contribution in [1.82, 2.24) is 10.2 Å². The van der Waals surface area contributed by atoms with Crippen LogP contribution < -0.4 is 0 Å². The summed E-state index contributed by atoms with van der Waals surface area (Å²) >= 11 is 0. The first-order valence-electron chi connectivity index (χ1n) is 5.97. The lowest BCUT2D eigenvalue weighted by atomic mass is 9.97. The Morgan fingerprint density at radius 3 is 2.41 bits per heavy atom. The number of hydrogen-bond donors (Lipinski definition) is 0. The first kappa shape index (κ1) is 14.4. The Labute approximate surface area is 106 Å². The molecule has 0 N–H and O–H groups in total. The molecule has 4 nitrogen and oxygen atoms in total. The van der Waals surface area contributed by atoms with Crippen LogP contribution in [0.4, 0.5) is 0 Å². The van der Waals surface area contributed by atoms with Crippen molar-refractivity contribution in [2.24, 2.45) is 5.92 Å². The van der Waals surface area contributed by atoms with Crippen LogP contribution in [0.15, 0.2) is 4.42 Å². The van der Waals surface area contributed by atoms with E-state index in [1.165, 1.54) is 0 Å². The molecular weight excluding hydrogens is 236 g/mol. The van der Waals surface area contributed by atoms with Gasteiger partial charge in [-0.25, -0.2) is 0 Å². The molecule has 1 atom stereocenters. The summed E-state index contributed by atoms with van der Waals surface area (Å²) in [7, 11) is -0.901. The molecule has 1 heterocycles. The molecule has 1 aromatic rings. The highest BCUT2D eigenvalue weighted by atomic mass is 32.2. The molecule has 17 heavy (non-hydrogen) atoms. The molecule has 0 fully saturated rings. The fourth-order valence-corrected chi connectivity index (χ4v) is 2.46. The maximum atomic E-state index is 11.8. The van der Waals surface area contributed by atoms with Gasteiger partial charge in [-0.2, -0.15) is 0 Å². The molecule has 0 saturated carbocycles. The first-order valence-corrected chi connectivity index (χ1v) is 7.45. The standard InChI is InChI=1S/C12H22N2O2S/c1-9(2)6-7-17(15)8-10-13-14-11(16-10)12(3,4)5/h9H,6-8H2,1-5H3/t17-/m1/s1. The van der Waals surface area contributed by atoms with Crippen LogP contribution in [-0.4, -0.2) is 20.2 Å². The molecule has 0 bridgehead atoms. The van der Waals surface area contributed by atoms with Crippen LogP contribution in [0, 0.1) is 5.92 Å². The number of nitrogens with zero attached hydrogens (tertiary/aromatic N) is 2. The SMILES string of the molecule is CC(C)CC[S@@](=O)Cc1nnc(C(C)(C)C)o1. The van der Waals surface area contributed by atoms with E-state index in [2.05, 4.69) is 24.0 Å². The highest BCUT2D eigenvalue weighted by molar-refractivity contribution is 7.84. The van der Waals surface area contributed by atoms with Gasteiger partial charge in [0.1, 0.15) is 5.75 Å². The minimum absolute atomic E-state index is 0.148. The molecule has 5 heteroatoms. The summed E-state index contributed by atoms with van der Waals surface area (Å²) in [4.78, 5) is 0. The smallest absolute Gasteiger partial charge is 0.229 e. The van der Waals surface area contributed by atoms with Crippen LogP contribution in [0.3, 0.4) is 0 Å². The minimum Gasteiger partial charge on any atom is -0.424 e. The summed E-state index contributed by atoms with van der Waals surface area (Å²) in [6.07, 6.45) is 0.965. The van der Waals surface area contributed by atoms with Crippen LogP contribution in [0.5, 0.6) is 0 Å². The van der Waals surface area contributed by atoms with E-state index in [1.807, 2.05) is 20.8 Å². The van der Waals surface area contributed by atoms with Crippen LogP contribution in [0.2, 0.25) is 0 Å². The maximum absolute atomic E-state index is 11.8. The van der Waals surface area contributed by atoms with E-state index < -0.39 is 10.8 Å². The second-order valence-corrected chi connectivity index (χ2v) is 7.30. The van der Waals surface area contributed by atoms with Gasteiger partial charge in [0.15, 0.2) is 0 Å². The summed E-state index contributed by atoms with van der Waals surface area (Å²) < 4.78 is 17.3. The van der Waals surface area contributed by atoms with Gasteiger partial charge >= 0.3 is 0 Å². The Hall–Kier alpha value is -0.710. The molecule has 0 spiro atoms. The zero-order valence-electron chi connectivity index (χ0n) is 11.3. The highest BCUT2D eigenvalue weighted by Gasteiger charge is 2.21. The van der Waals surface area contributed by atoms with E-state index in [9.17, 15) is 4.21 Å². The summed E-state index contributed by atoms with van der Waals surface area (Å²) in [5, 5.41) is 7.92. The molecule has 0 aliphatic carbocycles. The van der Waals surface area contributed by atoms with Gasteiger partial charge in [0.05, 0.1) is 0 Å². The predicted molar refractivity (Wildman–Crippen MR) is 69.2 cm³/mol. The van der Waals surface area contributed by atoms with Gasteiger partial charge in [-0.1, -0.05) is 34.6 Å². The fourth-order valence-electron chi connectivity index (χ4n) is 1.19. The normalized spacial score (nSPS) is 14.2. The van der Waals surface area contributed by atoms with Gasteiger partial charge < -0.3 is 4.42 Å². The van der Waals surface area contributed by atoms with E-state index in [4.69, 9.17) is 4.42 Å². The van der Waals surface area contributed by atoms with Crippen LogP contribution >= 0.6 is 0 Å². The van der Waals surface area contributed by atoms with Gasteiger partial charge in [0.25, 0.3) is 0 Å². The first-order chi connectivity index (χ1) is 7.79. The average Bonchev–Trinajstić information content (AvgIpc) is 2.62. The molecule has 0 radical (unpaired) electrons. The van der Waals surface area contributed by atoms with Gasteiger partial charge in [0.2, 0.25) is 11.8 Å². The average molecular weight is 258 g/mol. The molecule has 0 aliphatic rings. The monoisotopic (exact) mass is 258 g/mol. The lowest BCUT2D eigenvalue weighted by Gasteiger charge is -2.10. The van der Waals surface area contributed by atoms with E-state index >= 15 is 0 Å². The van der Waals surface area contributed by atoms with Crippen molar-refractivity contribution in [2.45, 2.75) is 52.2 Å². The van der Waals surface area contributed by atoms with E-state index in [1.54, 1.807) is 0 Å². The molecular formula is C12H22N2O2S. The molecule has 1 rings (SSSR count). The zero-order valence-corrected chi connectivity index (χ0v) is 12.1. The Kier molecular flexibility index (Phi) is 4.86. The van der Waals surface area contributed by atoms with Crippen molar-refractivity contribution >= 4 is 10.8 Å². The second-order valence-electron chi connectivity index (χ2n) is 5.72. The minimum atomic E-state index is -0.901. The lowest BCUT2D eigenvalue weighted by Crippen LogP contribution is -2.11. The molecule has 1 aromatic heterocycles. The van der Waals surface area contributed by atoms with Gasteiger partial charge in [-0.05, 0) is 12.3 Å². The maximum Gasteiger partial charge on any atom is 0.229 e. The zero-order chi connectivity index (χ0) is 13.1. The fraction of sp³-hybridized carbons (Fsp3) is 0.833. The largest absolute Gasteiger partial charge is 0.424 e. The van der Waals surface area contributed by atoms with E-state index in [0.29, 0.717) is 29.2 Å². The third-order valence-electron chi connectivity index (χ3n) is 2.32. The van der Waals surface area contributed by atoms with Gasteiger partial charge in [0, 0.05) is 22.0 Å². The topological polar surface area (TPSA) is 56.0 Å². The third-order valence-corrected chi connectivity index (χ3v) is 3.58. The van der Waals surface area contributed by atoms with Crippen molar-refractivity contribution in [1.29, 1.82) is 0 Å². The van der Waals surface area contributed by atoms with E-state index in [0.717, 1.165) is 6.42 Å². The van der Waals surface area contributed by atoms with Crippen molar-refractivity contribution in [3.63, 3.8) is 0 Å². The molecule has 0 unspecified atom stereocenters. The number of rotatable bonds is 5. The number of hydrogen-bond acceptors (Lipinski definition) is 4. The van der Waals surface area contributed by atoms with Crippen LogP contribution in [0.1, 0.15) is 52.8 Å². The predicted octanol–water partition coefficient (Wildman–Crippen LogP) is 2.66. The molecule has 0 saturated heterocycles. The van der Waals surface area contributed by atoms with Crippen molar-refractivity contribution in [2.75, 3.05) is 5.75 Å². The summed E-state index contributed by atoms with van der Waals surface area (Å²) in [6.45, 7) is 10.3. The van der Waals surface area contributed by atoms with Crippen molar-refractivity contribution in [3.05, 3.63) is 11.8 Å². The number of aromatic nitrogens is 2. The Morgan fingerprint density at radius 2 is 1.94 bits per heavy atom. The van der Waals surface area contributed by atoms with Crippen molar-refractivity contribution in [3.8, 4) is 0 Å². The summed E-state index contributed by atoms with van der Waals surface area (Å²) in [5.74, 6) is 2.73. The van der Waals surface area contributed by atoms with Crippen LogP contribution in [0.25, 0.3) is 0 Å². The second kappa shape index (κ2) is 5.76. The Balaban J connectivity index is 2.52. The quantitative estimate of drug-likeness (QED) is 0.814. The Bertz CT molecular complexity index is 380. The van der Waals surface area contributed by atoms with Crippen molar-refractivity contribution < 1.29 is 8.63 Å².